The summed E-state index contributed by atoms with van der Waals surface area (Å²) in [4.78, 5) is 16.2. The Labute approximate surface area is 147 Å². The first-order valence-electron chi connectivity index (χ1n) is 7.10. The SMILES string of the molecule is CS(=O)(=O)NC(=O)Cc1nc(-c2ccc(F)cc2)oc1-c1ccsc1. The van der Waals surface area contributed by atoms with Crippen molar-refractivity contribution in [2.75, 3.05) is 6.26 Å². The molecule has 0 bridgehead atoms. The summed E-state index contributed by atoms with van der Waals surface area (Å²) in [7, 11) is -3.66. The molecule has 0 aliphatic rings. The lowest BCUT2D eigenvalue weighted by Gasteiger charge is -2.01. The topological polar surface area (TPSA) is 89.3 Å². The smallest absolute Gasteiger partial charge is 0.239 e. The van der Waals surface area contributed by atoms with Crippen LogP contribution in [0.5, 0.6) is 0 Å². The first-order valence-corrected chi connectivity index (χ1v) is 9.94. The standard InChI is InChI=1S/C16H13FN2O4S2/c1-25(21,22)19-14(20)8-13-15(11-6-7-24-9-11)23-16(18-13)10-2-4-12(17)5-3-10/h2-7,9H,8H2,1H3,(H,19,20). The Morgan fingerprint density at radius 1 is 1.24 bits per heavy atom. The number of hydrogen-bond acceptors (Lipinski definition) is 6. The molecule has 0 unspecified atom stereocenters. The number of hydrogen-bond donors (Lipinski definition) is 1. The van der Waals surface area contributed by atoms with Crippen LogP contribution in [0.15, 0.2) is 45.5 Å². The summed E-state index contributed by atoms with van der Waals surface area (Å²) in [6, 6.07) is 7.38. The Kier molecular flexibility index (Phi) is 4.69. The molecule has 0 saturated carbocycles. The molecular formula is C16H13FN2O4S2. The summed E-state index contributed by atoms with van der Waals surface area (Å²) in [6.45, 7) is 0. The third-order valence-corrected chi connectivity index (χ3v) is 4.48. The third-order valence-electron chi connectivity index (χ3n) is 3.20. The van der Waals surface area contributed by atoms with E-state index in [2.05, 4.69) is 4.98 Å². The van der Waals surface area contributed by atoms with E-state index in [0.717, 1.165) is 11.8 Å². The van der Waals surface area contributed by atoms with Crippen molar-refractivity contribution in [2.24, 2.45) is 0 Å². The molecule has 9 heteroatoms. The fourth-order valence-electron chi connectivity index (χ4n) is 2.20. The van der Waals surface area contributed by atoms with Gasteiger partial charge >= 0.3 is 0 Å². The van der Waals surface area contributed by atoms with Crippen molar-refractivity contribution in [1.82, 2.24) is 9.71 Å². The van der Waals surface area contributed by atoms with Crippen LogP contribution in [-0.4, -0.2) is 25.6 Å². The number of sulfonamides is 1. The summed E-state index contributed by atoms with van der Waals surface area (Å²) in [5, 5.41) is 3.67. The van der Waals surface area contributed by atoms with Gasteiger partial charge in [0.2, 0.25) is 21.8 Å². The molecule has 2 heterocycles. The molecule has 1 N–H and O–H groups in total. The van der Waals surface area contributed by atoms with Crippen molar-refractivity contribution in [1.29, 1.82) is 0 Å². The minimum atomic E-state index is -3.66. The Balaban J connectivity index is 1.98. The van der Waals surface area contributed by atoms with Crippen molar-refractivity contribution >= 4 is 27.3 Å². The Bertz CT molecular complexity index is 993. The molecule has 2 aromatic heterocycles. The van der Waals surface area contributed by atoms with Gasteiger partial charge in [-0.3, -0.25) is 9.52 Å². The van der Waals surface area contributed by atoms with Crippen molar-refractivity contribution in [3.8, 4) is 22.8 Å². The molecular weight excluding hydrogens is 367 g/mol. The van der Waals surface area contributed by atoms with Gasteiger partial charge in [0.05, 0.1) is 18.4 Å². The lowest BCUT2D eigenvalue weighted by Crippen LogP contribution is -2.30. The molecule has 25 heavy (non-hydrogen) atoms. The number of aromatic nitrogens is 1. The number of carbonyl (C=O) groups excluding carboxylic acids is 1. The van der Waals surface area contributed by atoms with Crippen LogP contribution in [0, 0.1) is 5.82 Å². The maximum atomic E-state index is 13.1. The highest BCUT2D eigenvalue weighted by molar-refractivity contribution is 7.89. The van der Waals surface area contributed by atoms with Gasteiger partial charge in [-0.1, -0.05) is 0 Å². The van der Waals surface area contributed by atoms with Gasteiger partial charge in [0, 0.05) is 16.5 Å². The molecule has 1 amide bonds. The highest BCUT2D eigenvalue weighted by atomic mass is 32.2. The van der Waals surface area contributed by atoms with Gasteiger partial charge < -0.3 is 4.42 Å². The predicted octanol–water partition coefficient (Wildman–Crippen LogP) is 2.83. The summed E-state index contributed by atoms with van der Waals surface area (Å²) in [5.74, 6) is -0.494. The van der Waals surface area contributed by atoms with Crippen LogP contribution in [-0.2, 0) is 21.2 Å². The van der Waals surface area contributed by atoms with Crippen LogP contribution in [0.4, 0.5) is 4.39 Å². The number of nitrogens with zero attached hydrogens (tertiary/aromatic N) is 1. The molecule has 0 fully saturated rings. The fourth-order valence-corrected chi connectivity index (χ4v) is 3.32. The van der Waals surface area contributed by atoms with Crippen LogP contribution in [0.1, 0.15) is 5.69 Å². The second-order valence-electron chi connectivity index (χ2n) is 5.29. The van der Waals surface area contributed by atoms with E-state index in [4.69, 9.17) is 4.42 Å². The first kappa shape index (κ1) is 17.3. The molecule has 6 nitrogen and oxygen atoms in total. The second-order valence-corrected chi connectivity index (χ2v) is 7.82. The Morgan fingerprint density at radius 3 is 2.56 bits per heavy atom. The van der Waals surface area contributed by atoms with Crippen molar-refractivity contribution in [3.63, 3.8) is 0 Å². The minimum absolute atomic E-state index is 0.225. The van der Waals surface area contributed by atoms with Crippen molar-refractivity contribution < 1.29 is 22.0 Å². The van der Waals surface area contributed by atoms with Gasteiger partial charge in [0.15, 0.2) is 5.76 Å². The van der Waals surface area contributed by atoms with Crippen molar-refractivity contribution in [2.45, 2.75) is 6.42 Å². The van der Waals surface area contributed by atoms with Gasteiger partial charge in [-0.05, 0) is 35.7 Å². The normalized spacial score (nSPS) is 11.4. The molecule has 0 spiro atoms. The number of nitrogens with one attached hydrogen (secondary N) is 1. The zero-order valence-corrected chi connectivity index (χ0v) is 14.7. The number of halogens is 1. The maximum Gasteiger partial charge on any atom is 0.239 e. The number of carbonyl (C=O) groups is 1. The summed E-state index contributed by atoms with van der Waals surface area (Å²) in [6.07, 6.45) is 0.639. The zero-order valence-electron chi connectivity index (χ0n) is 13.0. The van der Waals surface area contributed by atoms with Gasteiger partial charge in [-0.2, -0.15) is 11.3 Å². The second kappa shape index (κ2) is 6.77. The highest BCUT2D eigenvalue weighted by Gasteiger charge is 2.20. The average Bonchev–Trinajstić information content (AvgIpc) is 3.15. The molecule has 0 aliphatic heterocycles. The first-order chi connectivity index (χ1) is 11.8. The number of oxazole rings is 1. The van der Waals surface area contributed by atoms with E-state index >= 15 is 0 Å². The lowest BCUT2D eigenvalue weighted by molar-refractivity contribution is -0.118. The van der Waals surface area contributed by atoms with Crippen LogP contribution in [0.2, 0.25) is 0 Å². The largest absolute Gasteiger partial charge is 0.436 e. The van der Waals surface area contributed by atoms with E-state index < -0.39 is 15.9 Å². The zero-order chi connectivity index (χ0) is 18.0. The number of amides is 1. The molecule has 3 rings (SSSR count). The molecule has 130 valence electrons. The number of rotatable bonds is 5. The average molecular weight is 380 g/mol. The molecule has 0 atom stereocenters. The number of benzene rings is 1. The van der Waals surface area contributed by atoms with Crippen LogP contribution < -0.4 is 4.72 Å². The van der Waals surface area contributed by atoms with E-state index in [0.29, 0.717) is 17.0 Å². The Morgan fingerprint density at radius 2 is 1.96 bits per heavy atom. The van der Waals surface area contributed by atoms with E-state index in [1.807, 2.05) is 15.5 Å². The highest BCUT2D eigenvalue weighted by Crippen LogP contribution is 2.31. The molecule has 3 aromatic rings. The van der Waals surface area contributed by atoms with Gasteiger partial charge in [-0.15, -0.1) is 0 Å². The van der Waals surface area contributed by atoms with E-state index in [9.17, 15) is 17.6 Å². The van der Waals surface area contributed by atoms with Gasteiger partial charge in [0.1, 0.15) is 5.82 Å². The maximum absolute atomic E-state index is 13.1. The summed E-state index contributed by atoms with van der Waals surface area (Å²) < 4.78 is 43.1. The minimum Gasteiger partial charge on any atom is -0.436 e. The predicted molar refractivity (Wildman–Crippen MR) is 91.9 cm³/mol. The van der Waals surface area contributed by atoms with Gasteiger partial charge in [-0.25, -0.2) is 17.8 Å². The Hall–Kier alpha value is -2.52. The lowest BCUT2D eigenvalue weighted by atomic mass is 10.2. The molecule has 1 aromatic carbocycles. The third kappa shape index (κ3) is 4.31. The van der Waals surface area contributed by atoms with Crippen molar-refractivity contribution in [3.05, 3.63) is 52.6 Å². The van der Waals surface area contributed by atoms with E-state index in [1.54, 1.807) is 6.07 Å². The van der Waals surface area contributed by atoms with Crippen LogP contribution >= 0.6 is 11.3 Å². The quantitative estimate of drug-likeness (QED) is 0.735. The monoisotopic (exact) mass is 380 g/mol. The summed E-state index contributed by atoms with van der Waals surface area (Å²) in [5.41, 5.74) is 1.58. The van der Waals surface area contributed by atoms with E-state index in [-0.39, 0.29) is 18.1 Å². The van der Waals surface area contributed by atoms with Crippen LogP contribution in [0.3, 0.4) is 0 Å². The molecule has 0 radical (unpaired) electrons. The van der Waals surface area contributed by atoms with Gasteiger partial charge in [0.25, 0.3) is 0 Å². The van der Waals surface area contributed by atoms with E-state index in [1.165, 1.54) is 35.6 Å². The number of thiophene rings is 1. The van der Waals surface area contributed by atoms with Crippen LogP contribution in [0.25, 0.3) is 22.8 Å². The molecule has 0 aliphatic carbocycles. The summed E-state index contributed by atoms with van der Waals surface area (Å²) >= 11 is 1.45. The molecule has 0 saturated heterocycles. The fraction of sp³-hybridized carbons (Fsp3) is 0.125.